The highest BCUT2D eigenvalue weighted by atomic mass is 32.1. The second-order valence-corrected chi connectivity index (χ2v) is 8.41. The minimum absolute atomic E-state index is 0.00494. The third kappa shape index (κ3) is 5.59. The van der Waals surface area contributed by atoms with E-state index in [-0.39, 0.29) is 6.04 Å². The van der Waals surface area contributed by atoms with Crippen LogP contribution >= 0.6 is 12.2 Å². The Morgan fingerprint density at radius 3 is 2.62 bits per heavy atom. The number of methoxy groups -OCH3 is 1. The average Bonchev–Trinajstić information content (AvgIpc) is 3.27. The fourth-order valence-electron chi connectivity index (χ4n) is 3.99. The summed E-state index contributed by atoms with van der Waals surface area (Å²) in [5.74, 6) is 1.73. The molecule has 1 N–H and O–H groups in total. The molecule has 0 aliphatic carbocycles. The van der Waals surface area contributed by atoms with Gasteiger partial charge in [-0.1, -0.05) is 18.2 Å². The Morgan fingerprint density at radius 2 is 1.91 bits per heavy atom. The van der Waals surface area contributed by atoms with Crippen molar-refractivity contribution in [1.29, 1.82) is 0 Å². The number of nitrogens with one attached hydrogen (secondary N) is 1. The van der Waals surface area contributed by atoms with E-state index < -0.39 is 0 Å². The van der Waals surface area contributed by atoms with E-state index in [2.05, 4.69) is 34.2 Å². The van der Waals surface area contributed by atoms with E-state index in [0.29, 0.717) is 5.11 Å². The van der Waals surface area contributed by atoms with Gasteiger partial charge in [0.05, 0.1) is 26.4 Å². The van der Waals surface area contributed by atoms with E-state index in [0.717, 1.165) is 74.0 Å². The molecule has 0 saturated carbocycles. The largest absolute Gasteiger partial charge is 0.497 e. The summed E-state index contributed by atoms with van der Waals surface area (Å²) in [6, 6.07) is 18.0. The topological polar surface area (TPSA) is 50.1 Å². The van der Waals surface area contributed by atoms with Crippen molar-refractivity contribution < 1.29 is 13.9 Å². The molecule has 0 bridgehead atoms. The molecule has 0 spiro atoms. The molecule has 2 aromatic carbocycles. The molecule has 170 valence electrons. The molecular formula is C25H31N3O3S. The summed E-state index contributed by atoms with van der Waals surface area (Å²) in [7, 11) is 1.66. The van der Waals surface area contributed by atoms with Gasteiger partial charge in [0.25, 0.3) is 0 Å². The highest BCUT2D eigenvalue weighted by molar-refractivity contribution is 7.80. The molecular weight excluding hydrogens is 422 g/mol. The summed E-state index contributed by atoms with van der Waals surface area (Å²) in [5, 5.41) is 5.19. The smallest absolute Gasteiger partial charge is 0.174 e. The van der Waals surface area contributed by atoms with Gasteiger partial charge in [-0.2, -0.15) is 0 Å². The monoisotopic (exact) mass is 453 g/mol. The van der Waals surface area contributed by atoms with Crippen LogP contribution in [0.4, 0.5) is 5.69 Å². The number of anilines is 1. The summed E-state index contributed by atoms with van der Waals surface area (Å²) in [4.78, 5) is 4.67. The Labute approximate surface area is 195 Å². The Hall–Kier alpha value is -2.61. The van der Waals surface area contributed by atoms with E-state index in [1.807, 2.05) is 42.5 Å². The first-order chi connectivity index (χ1) is 15.6. The van der Waals surface area contributed by atoms with Crippen LogP contribution in [0.5, 0.6) is 5.75 Å². The zero-order valence-electron chi connectivity index (χ0n) is 18.8. The Morgan fingerprint density at radius 1 is 1.16 bits per heavy atom. The van der Waals surface area contributed by atoms with Crippen LogP contribution in [0, 0.1) is 0 Å². The summed E-state index contributed by atoms with van der Waals surface area (Å²) in [6.07, 6.45) is 1.01. The number of ether oxygens (including phenoxy) is 2. The third-order valence-electron chi connectivity index (χ3n) is 5.90. The van der Waals surface area contributed by atoms with Crippen molar-refractivity contribution in [2.45, 2.75) is 19.4 Å². The number of morpholine rings is 1. The molecule has 32 heavy (non-hydrogen) atoms. The van der Waals surface area contributed by atoms with E-state index in [1.165, 1.54) is 0 Å². The van der Waals surface area contributed by atoms with E-state index >= 15 is 0 Å². The highest BCUT2D eigenvalue weighted by Gasteiger charge is 2.22. The Balaban J connectivity index is 1.48. The lowest BCUT2D eigenvalue weighted by atomic mass is 10.2. The first-order valence-electron chi connectivity index (χ1n) is 11.1. The molecule has 0 radical (unpaired) electrons. The van der Waals surface area contributed by atoms with Crippen molar-refractivity contribution in [3.8, 4) is 5.75 Å². The number of furan rings is 1. The van der Waals surface area contributed by atoms with Crippen LogP contribution in [0.15, 0.2) is 59.0 Å². The maximum absolute atomic E-state index is 6.17. The normalized spacial score (nSPS) is 15.4. The van der Waals surface area contributed by atoms with Gasteiger partial charge in [0.2, 0.25) is 0 Å². The quantitative estimate of drug-likeness (QED) is 0.486. The molecule has 1 aromatic heterocycles. The maximum atomic E-state index is 6.17. The van der Waals surface area contributed by atoms with Gasteiger partial charge >= 0.3 is 0 Å². The second kappa shape index (κ2) is 10.8. The van der Waals surface area contributed by atoms with Crippen LogP contribution in [-0.2, 0) is 4.74 Å². The van der Waals surface area contributed by atoms with Gasteiger partial charge in [-0.3, -0.25) is 4.90 Å². The molecule has 1 aliphatic rings. The van der Waals surface area contributed by atoms with Crippen molar-refractivity contribution in [3.05, 3.63) is 60.4 Å². The summed E-state index contributed by atoms with van der Waals surface area (Å²) < 4.78 is 16.9. The zero-order valence-corrected chi connectivity index (χ0v) is 19.6. The third-order valence-corrected chi connectivity index (χ3v) is 6.24. The van der Waals surface area contributed by atoms with E-state index in [9.17, 15) is 0 Å². The van der Waals surface area contributed by atoms with Gasteiger partial charge in [0.15, 0.2) is 5.11 Å². The van der Waals surface area contributed by atoms with Gasteiger partial charge in [0, 0.05) is 37.3 Å². The van der Waals surface area contributed by atoms with E-state index in [1.54, 1.807) is 7.11 Å². The van der Waals surface area contributed by atoms with Gasteiger partial charge < -0.3 is 24.1 Å². The average molecular weight is 454 g/mol. The molecule has 7 heteroatoms. The minimum Gasteiger partial charge on any atom is -0.497 e. The van der Waals surface area contributed by atoms with Gasteiger partial charge in [-0.15, -0.1) is 0 Å². The number of rotatable bonds is 8. The van der Waals surface area contributed by atoms with Gasteiger partial charge in [0.1, 0.15) is 17.1 Å². The first-order valence-corrected chi connectivity index (χ1v) is 11.5. The molecule has 3 aromatic rings. The Bertz CT molecular complexity index is 982. The van der Waals surface area contributed by atoms with Crippen LogP contribution in [0.25, 0.3) is 11.0 Å². The lowest BCUT2D eigenvalue weighted by Gasteiger charge is -2.32. The van der Waals surface area contributed by atoms with Crippen LogP contribution in [0.3, 0.4) is 0 Å². The Kier molecular flexibility index (Phi) is 7.63. The maximum Gasteiger partial charge on any atom is 0.174 e. The van der Waals surface area contributed by atoms with Gasteiger partial charge in [-0.25, -0.2) is 0 Å². The lowest BCUT2D eigenvalue weighted by molar-refractivity contribution is 0.0365. The van der Waals surface area contributed by atoms with Crippen LogP contribution < -0.4 is 10.1 Å². The van der Waals surface area contributed by atoms with Gasteiger partial charge in [-0.05, 0) is 62.0 Å². The van der Waals surface area contributed by atoms with Crippen LogP contribution in [0.2, 0.25) is 0 Å². The molecule has 6 nitrogen and oxygen atoms in total. The number of para-hydroxylation sites is 1. The number of thiocarbonyl (C=S) groups is 1. The fourth-order valence-corrected chi connectivity index (χ4v) is 4.36. The van der Waals surface area contributed by atoms with Crippen molar-refractivity contribution in [1.82, 2.24) is 9.80 Å². The molecule has 1 fully saturated rings. The molecule has 1 atom stereocenters. The van der Waals surface area contributed by atoms with Crippen molar-refractivity contribution in [3.63, 3.8) is 0 Å². The van der Waals surface area contributed by atoms with Crippen molar-refractivity contribution in [2.24, 2.45) is 0 Å². The highest BCUT2D eigenvalue weighted by Crippen LogP contribution is 2.28. The van der Waals surface area contributed by atoms with E-state index in [4.69, 9.17) is 26.1 Å². The lowest BCUT2D eigenvalue weighted by Crippen LogP contribution is -2.41. The molecule has 4 rings (SSSR count). The standard InChI is InChI=1S/C25H31N3O3S/c1-19(24-18-20-6-3-4-7-23(20)31-24)28(13-5-12-27-14-16-30-17-15-27)25(32)26-21-8-10-22(29-2)11-9-21/h3-4,6-11,18-19H,5,12-17H2,1-2H3,(H,26,32)/t19-/m0/s1. The number of hydrogen-bond donors (Lipinski definition) is 1. The first kappa shape index (κ1) is 22.6. The molecule has 0 amide bonds. The predicted molar refractivity (Wildman–Crippen MR) is 132 cm³/mol. The SMILES string of the molecule is COc1ccc(NC(=S)N(CCCN2CCOCC2)[C@@H](C)c2cc3ccccc3o2)cc1. The molecule has 0 unspecified atom stereocenters. The molecule has 2 heterocycles. The fraction of sp³-hybridized carbons (Fsp3) is 0.400. The number of fused-ring (bicyclic) bond motifs is 1. The van der Waals surface area contributed by atoms with Crippen LogP contribution in [0.1, 0.15) is 25.1 Å². The number of hydrogen-bond acceptors (Lipinski definition) is 5. The summed E-state index contributed by atoms with van der Waals surface area (Å²) in [6.45, 7) is 7.62. The molecule has 1 aliphatic heterocycles. The zero-order chi connectivity index (χ0) is 22.3. The number of nitrogens with zero attached hydrogens (tertiary/aromatic N) is 2. The summed E-state index contributed by atoms with van der Waals surface area (Å²) in [5.41, 5.74) is 1.84. The number of benzene rings is 2. The summed E-state index contributed by atoms with van der Waals surface area (Å²) >= 11 is 5.85. The minimum atomic E-state index is 0.00494. The second-order valence-electron chi connectivity index (χ2n) is 8.02. The predicted octanol–water partition coefficient (Wildman–Crippen LogP) is 4.92. The van der Waals surface area contributed by atoms with Crippen molar-refractivity contribution >= 4 is 34.0 Å². The molecule has 1 saturated heterocycles. The van der Waals surface area contributed by atoms with Crippen LogP contribution in [-0.4, -0.2) is 61.4 Å². The van der Waals surface area contributed by atoms with Crippen molar-refractivity contribution in [2.75, 3.05) is 51.8 Å².